The van der Waals surface area contributed by atoms with E-state index < -0.39 is 0 Å². The van der Waals surface area contributed by atoms with Crippen LogP contribution in [0.2, 0.25) is 0 Å². The number of hydrogen-bond donors (Lipinski definition) is 0. The molecule has 0 aromatic carbocycles. The standard InChI is InChI=1S/C18H18N4O3S/c23-16(10-22-17(24)11-26-18(22)25)21-6-3-12(4-7-21)14-8-15-13(9-20-14)2-1-5-19-15/h1-2,5,8-9,12H,3-4,6-7,10-11H2. The molecule has 0 aliphatic carbocycles. The Hall–Kier alpha value is -2.48. The molecule has 2 fully saturated rings. The van der Waals surface area contributed by atoms with Crippen molar-refractivity contribution in [3.8, 4) is 0 Å². The third-order valence-electron chi connectivity index (χ3n) is 4.91. The second-order valence-electron chi connectivity index (χ2n) is 6.49. The molecule has 4 rings (SSSR count). The quantitative estimate of drug-likeness (QED) is 0.822. The first-order valence-electron chi connectivity index (χ1n) is 8.57. The minimum absolute atomic E-state index is 0.135. The van der Waals surface area contributed by atoms with E-state index in [-0.39, 0.29) is 35.3 Å². The van der Waals surface area contributed by atoms with Gasteiger partial charge >= 0.3 is 0 Å². The van der Waals surface area contributed by atoms with Gasteiger partial charge in [-0.15, -0.1) is 0 Å². The molecule has 7 nitrogen and oxygen atoms in total. The zero-order valence-corrected chi connectivity index (χ0v) is 14.9. The van der Waals surface area contributed by atoms with Gasteiger partial charge in [-0.3, -0.25) is 29.3 Å². The van der Waals surface area contributed by atoms with Crippen LogP contribution >= 0.6 is 11.8 Å². The maximum absolute atomic E-state index is 12.4. The predicted molar refractivity (Wildman–Crippen MR) is 97.7 cm³/mol. The molecule has 0 unspecified atom stereocenters. The van der Waals surface area contributed by atoms with Crippen LogP contribution in [0.25, 0.3) is 10.9 Å². The number of fused-ring (bicyclic) bond motifs is 1. The summed E-state index contributed by atoms with van der Waals surface area (Å²) in [6, 6.07) is 5.90. The summed E-state index contributed by atoms with van der Waals surface area (Å²) in [6.07, 6.45) is 5.24. The van der Waals surface area contributed by atoms with Crippen LogP contribution in [0.15, 0.2) is 30.6 Å². The second-order valence-corrected chi connectivity index (χ2v) is 7.42. The van der Waals surface area contributed by atoms with Crippen LogP contribution in [0.1, 0.15) is 24.5 Å². The number of aromatic nitrogens is 2. The van der Waals surface area contributed by atoms with Gasteiger partial charge in [-0.1, -0.05) is 11.8 Å². The Labute approximate surface area is 154 Å². The number of thioether (sulfide) groups is 1. The Morgan fingerprint density at radius 1 is 1.23 bits per heavy atom. The van der Waals surface area contributed by atoms with E-state index in [4.69, 9.17) is 0 Å². The number of amides is 3. The van der Waals surface area contributed by atoms with Crippen molar-refractivity contribution >= 4 is 39.7 Å². The monoisotopic (exact) mass is 370 g/mol. The number of pyridine rings is 2. The van der Waals surface area contributed by atoms with Crippen molar-refractivity contribution < 1.29 is 14.4 Å². The average Bonchev–Trinajstić information content (AvgIpc) is 2.99. The van der Waals surface area contributed by atoms with Gasteiger partial charge in [0.1, 0.15) is 6.54 Å². The van der Waals surface area contributed by atoms with E-state index in [1.807, 2.05) is 24.4 Å². The molecule has 0 spiro atoms. The molecule has 2 aliphatic heterocycles. The third-order valence-corrected chi connectivity index (χ3v) is 5.77. The van der Waals surface area contributed by atoms with E-state index in [1.54, 1.807) is 11.1 Å². The lowest BCUT2D eigenvalue weighted by atomic mass is 9.92. The lowest BCUT2D eigenvalue weighted by Crippen LogP contribution is -2.45. The van der Waals surface area contributed by atoms with Gasteiger partial charge in [0, 0.05) is 42.5 Å². The van der Waals surface area contributed by atoms with Crippen LogP contribution < -0.4 is 0 Å². The van der Waals surface area contributed by atoms with Gasteiger partial charge in [0.05, 0.1) is 11.3 Å². The number of carbonyl (C=O) groups is 3. The Morgan fingerprint density at radius 2 is 2.04 bits per heavy atom. The number of carbonyl (C=O) groups excluding carboxylic acids is 3. The molecule has 0 atom stereocenters. The molecular formula is C18H18N4O3S. The smallest absolute Gasteiger partial charge is 0.289 e. The summed E-state index contributed by atoms with van der Waals surface area (Å²) in [4.78, 5) is 47.4. The first-order valence-corrected chi connectivity index (χ1v) is 9.56. The molecule has 134 valence electrons. The highest BCUT2D eigenvalue weighted by atomic mass is 32.2. The molecule has 4 heterocycles. The first kappa shape index (κ1) is 17.0. The molecule has 2 saturated heterocycles. The van der Waals surface area contributed by atoms with E-state index in [2.05, 4.69) is 9.97 Å². The molecule has 0 saturated carbocycles. The molecular weight excluding hydrogens is 352 g/mol. The fourth-order valence-electron chi connectivity index (χ4n) is 3.40. The van der Waals surface area contributed by atoms with Crippen molar-refractivity contribution in [1.29, 1.82) is 0 Å². The molecule has 0 radical (unpaired) electrons. The van der Waals surface area contributed by atoms with Crippen molar-refractivity contribution in [2.45, 2.75) is 18.8 Å². The van der Waals surface area contributed by atoms with E-state index >= 15 is 0 Å². The Morgan fingerprint density at radius 3 is 2.77 bits per heavy atom. The van der Waals surface area contributed by atoms with Crippen LogP contribution in [0.4, 0.5) is 4.79 Å². The SMILES string of the molecule is O=C(CN1C(=O)CSC1=O)N1CCC(c2cc3ncccc3cn2)CC1. The number of nitrogens with zero attached hydrogens (tertiary/aromatic N) is 4. The van der Waals surface area contributed by atoms with Crippen LogP contribution in [0, 0.1) is 0 Å². The molecule has 8 heteroatoms. The van der Waals surface area contributed by atoms with Crippen LogP contribution in [-0.2, 0) is 9.59 Å². The van der Waals surface area contributed by atoms with Gasteiger partial charge < -0.3 is 4.90 Å². The van der Waals surface area contributed by atoms with E-state index in [1.165, 1.54) is 0 Å². The van der Waals surface area contributed by atoms with E-state index in [0.29, 0.717) is 13.1 Å². The average molecular weight is 370 g/mol. The number of likely N-dealkylation sites (tertiary alicyclic amines) is 1. The topological polar surface area (TPSA) is 83.5 Å². The van der Waals surface area contributed by atoms with Crippen molar-refractivity contribution in [2.75, 3.05) is 25.4 Å². The molecule has 2 aromatic heterocycles. The summed E-state index contributed by atoms with van der Waals surface area (Å²) in [6.45, 7) is 1.07. The Balaban J connectivity index is 1.38. The highest BCUT2D eigenvalue weighted by molar-refractivity contribution is 8.14. The number of rotatable bonds is 3. The molecule has 3 amide bonds. The lowest BCUT2D eigenvalue weighted by molar-refractivity contribution is -0.137. The summed E-state index contributed by atoms with van der Waals surface area (Å²) in [7, 11) is 0. The number of hydrogen-bond acceptors (Lipinski definition) is 6. The minimum atomic E-state index is -0.328. The highest BCUT2D eigenvalue weighted by Gasteiger charge is 2.33. The zero-order chi connectivity index (χ0) is 18.1. The fraction of sp³-hybridized carbons (Fsp3) is 0.389. The van der Waals surface area contributed by atoms with Crippen LogP contribution in [0.5, 0.6) is 0 Å². The molecule has 2 aliphatic rings. The van der Waals surface area contributed by atoms with Gasteiger partial charge in [0.15, 0.2) is 0 Å². The molecule has 26 heavy (non-hydrogen) atoms. The molecule has 0 bridgehead atoms. The maximum Gasteiger partial charge on any atom is 0.289 e. The van der Waals surface area contributed by atoms with Gasteiger partial charge in [-0.2, -0.15) is 0 Å². The summed E-state index contributed by atoms with van der Waals surface area (Å²) in [5.41, 5.74) is 1.93. The van der Waals surface area contributed by atoms with Gasteiger partial charge in [0.25, 0.3) is 5.24 Å². The van der Waals surface area contributed by atoms with Crippen LogP contribution in [-0.4, -0.2) is 62.2 Å². The summed E-state index contributed by atoms with van der Waals surface area (Å²) in [5.74, 6) is -0.0245. The third kappa shape index (κ3) is 3.29. The summed E-state index contributed by atoms with van der Waals surface area (Å²) in [5, 5.41) is 0.688. The van der Waals surface area contributed by atoms with Crippen molar-refractivity contribution in [3.63, 3.8) is 0 Å². The lowest BCUT2D eigenvalue weighted by Gasteiger charge is -2.32. The normalized spacial score (nSPS) is 18.8. The molecule has 0 N–H and O–H groups in total. The van der Waals surface area contributed by atoms with Crippen molar-refractivity contribution in [2.24, 2.45) is 0 Å². The number of imide groups is 1. The van der Waals surface area contributed by atoms with E-state index in [0.717, 1.165) is 46.1 Å². The summed E-state index contributed by atoms with van der Waals surface area (Å²) >= 11 is 0.953. The van der Waals surface area contributed by atoms with Crippen molar-refractivity contribution in [3.05, 3.63) is 36.3 Å². The zero-order valence-electron chi connectivity index (χ0n) is 14.1. The fourth-order valence-corrected chi connectivity index (χ4v) is 4.12. The number of piperidine rings is 1. The minimum Gasteiger partial charge on any atom is -0.341 e. The first-order chi connectivity index (χ1) is 12.6. The largest absolute Gasteiger partial charge is 0.341 e. The van der Waals surface area contributed by atoms with Crippen molar-refractivity contribution in [1.82, 2.24) is 19.8 Å². The Bertz CT molecular complexity index is 864. The maximum atomic E-state index is 12.4. The van der Waals surface area contributed by atoms with Crippen LogP contribution in [0.3, 0.4) is 0 Å². The summed E-state index contributed by atoms with van der Waals surface area (Å²) < 4.78 is 0. The van der Waals surface area contributed by atoms with E-state index in [9.17, 15) is 14.4 Å². The van der Waals surface area contributed by atoms with Gasteiger partial charge in [-0.05, 0) is 31.0 Å². The molecule has 2 aromatic rings. The Kier molecular flexibility index (Phi) is 4.58. The highest BCUT2D eigenvalue weighted by Crippen LogP contribution is 2.28. The van der Waals surface area contributed by atoms with Gasteiger partial charge in [0.2, 0.25) is 11.8 Å². The van der Waals surface area contributed by atoms with Gasteiger partial charge in [-0.25, -0.2) is 0 Å². The second kappa shape index (κ2) is 7.03. The predicted octanol–water partition coefficient (Wildman–Crippen LogP) is 2.03.